The van der Waals surface area contributed by atoms with Crippen LogP contribution in [0.5, 0.6) is 0 Å². The normalized spacial score (nSPS) is 17.8. The molecule has 2 fully saturated rings. The van der Waals surface area contributed by atoms with E-state index in [9.17, 15) is 9.59 Å². The summed E-state index contributed by atoms with van der Waals surface area (Å²) >= 11 is 0. The highest BCUT2D eigenvalue weighted by Gasteiger charge is 2.29. The Balaban J connectivity index is 0.00000210. The molecule has 0 bridgehead atoms. The lowest BCUT2D eigenvalue weighted by Crippen LogP contribution is -2.54. The van der Waals surface area contributed by atoms with E-state index in [1.807, 2.05) is 0 Å². The second-order valence-electron chi connectivity index (χ2n) is 8.54. The van der Waals surface area contributed by atoms with Crippen LogP contribution in [0.1, 0.15) is 39.2 Å². The van der Waals surface area contributed by atoms with Crippen molar-refractivity contribution in [3.05, 3.63) is 29.8 Å². The fourth-order valence-corrected chi connectivity index (χ4v) is 3.89. The van der Waals surface area contributed by atoms with Gasteiger partial charge in [0.25, 0.3) is 0 Å². The molecule has 8 heteroatoms. The van der Waals surface area contributed by atoms with Gasteiger partial charge in [-0.2, -0.15) is 0 Å². The lowest BCUT2D eigenvalue weighted by molar-refractivity contribution is -0.146. The number of para-hydroxylation sites is 1. The highest BCUT2D eigenvalue weighted by molar-refractivity contribution is 6.35. The van der Waals surface area contributed by atoms with Gasteiger partial charge in [0.2, 0.25) is 0 Å². The number of rotatable bonds is 2. The van der Waals surface area contributed by atoms with Gasteiger partial charge < -0.3 is 20.4 Å². The van der Waals surface area contributed by atoms with Gasteiger partial charge >= 0.3 is 11.8 Å². The Morgan fingerprint density at radius 3 is 2.17 bits per heavy atom. The van der Waals surface area contributed by atoms with Crippen LogP contribution in [0.25, 0.3) is 0 Å². The minimum atomic E-state index is -0.453. The van der Waals surface area contributed by atoms with Crippen LogP contribution in [0.15, 0.2) is 24.3 Å². The first-order valence-electron chi connectivity index (χ1n) is 10.0. The predicted octanol–water partition coefficient (Wildman–Crippen LogP) is 2.34. The van der Waals surface area contributed by atoms with Gasteiger partial charge in [-0.25, -0.2) is 0 Å². The second kappa shape index (κ2) is 11.0. The highest BCUT2D eigenvalue weighted by atomic mass is 35.5. The van der Waals surface area contributed by atoms with E-state index in [2.05, 4.69) is 60.6 Å². The van der Waals surface area contributed by atoms with Crippen LogP contribution in [0.4, 0.5) is 5.69 Å². The maximum absolute atomic E-state index is 12.5. The lowest BCUT2D eigenvalue weighted by Gasteiger charge is -2.38. The average molecular weight is 445 g/mol. The first-order chi connectivity index (χ1) is 12.9. The number of benzene rings is 1. The fourth-order valence-electron chi connectivity index (χ4n) is 3.89. The number of amides is 2. The van der Waals surface area contributed by atoms with Gasteiger partial charge in [-0.1, -0.05) is 39.0 Å². The third-order valence-corrected chi connectivity index (χ3v) is 5.49. The Hall–Kier alpha value is -1.50. The number of hydrogen-bond acceptors (Lipinski definition) is 4. The van der Waals surface area contributed by atoms with Gasteiger partial charge in [0.15, 0.2) is 0 Å². The van der Waals surface area contributed by atoms with Gasteiger partial charge in [0.1, 0.15) is 0 Å². The fraction of sp³-hybridized carbons (Fsp3) is 0.619. The van der Waals surface area contributed by atoms with Gasteiger partial charge in [-0.05, 0) is 43.0 Å². The summed E-state index contributed by atoms with van der Waals surface area (Å²) in [5, 5.41) is 6.17. The maximum Gasteiger partial charge on any atom is 0.312 e. The zero-order chi connectivity index (χ0) is 19.4. The molecule has 0 aromatic heterocycles. The summed E-state index contributed by atoms with van der Waals surface area (Å²) in [6.07, 6.45) is 1.77. The Morgan fingerprint density at radius 2 is 1.59 bits per heavy atom. The van der Waals surface area contributed by atoms with Crippen LogP contribution >= 0.6 is 24.8 Å². The van der Waals surface area contributed by atoms with Crippen LogP contribution in [-0.4, -0.2) is 62.0 Å². The molecule has 29 heavy (non-hydrogen) atoms. The standard InChI is InChI=1S/C21H32N4O2.2ClH/c1-21(2,3)17-6-4-5-7-18(17)24-12-14-25(15-13-24)20(27)19(26)23-16-8-10-22-11-9-16;;/h4-7,16,22H,8-15H2,1-3H3,(H,23,26);2*1H. The molecule has 0 spiro atoms. The van der Waals surface area contributed by atoms with Gasteiger partial charge in [0.05, 0.1) is 0 Å². The number of nitrogens with one attached hydrogen (secondary N) is 2. The zero-order valence-electron chi connectivity index (χ0n) is 17.6. The molecule has 0 aliphatic carbocycles. The van der Waals surface area contributed by atoms with Crippen molar-refractivity contribution in [3.8, 4) is 0 Å². The third-order valence-electron chi connectivity index (χ3n) is 5.49. The predicted molar refractivity (Wildman–Crippen MR) is 122 cm³/mol. The van der Waals surface area contributed by atoms with Crippen molar-refractivity contribution in [2.24, 2.45) is 0 Å². The maximum atomic E-state index is 12.5. The molecule has 0 atom stereocenters. The number of hydrogen-bond donors (Lipinski definition) is 2. The van der Waals surface area contributed by atoms with Crippen molar-refractivity contribution in [2.45, 2.75) is 45.1 Å². The minimum Gasteiger partial charge on any atom is -0.368 e. The summed E-state index contributed by atoms with van der Waals surface area (Å²) in [6.45, 7) is 11.1. The van der Waals surface area contributed by atoms with Crippen LogP contribution in [0.3, 0.4) is 0 Å². The van der Waals surface area contributed by atoms with Crippen molar-refractivity contribution >= 4 is 42.3 Å². The SMILES string of the molecule is CC(C)(C)c1ccccc1N1CCN(C(=O)C(=O)NC2CCNCC2)CC1.Cl.Cl. The van der Waals surface area contributed by atoms with Gasteiger partial charge in [0, 0.05) is 37.9 Å². The molecule has 1 aromatic carbocycles. The topological polar surface area (TPSA) is 64.7 Å². The van der Waals surface area contributed by atoms with E-state index in [0.29, 0.717) is 13.1 Å². The van der Waals surface area contributed by atoms with Crippen molar-refractivity contribution in [2.75, 3.05) is 44.2 Å². The smallest absolute Gasteiger partial charge is 0.312 e. The zero-order valence-corrected chi connectivity index (χ0v) is 19.2. The molecule has 1 aromatic rings. The average Bonchev–Trinajstić information content (AvgIpc) is 2.67. The van der Waals surface area contributed by atoms with E-state index < -0.39 is 11.8 Å². The van der Waals surface area contributed by atoms with Crippen LogP contribution < -0.4 is 15.5 Å². The Bertz CT molecular complexity index is 680. The molecule has 2 aliphatic rings. The van der Waals surface area contributed by atoms with Gasteiger partial charge in [-0.3, -0.25) is 9.59 Å². The third kappa shape index (κ3) is 6.49. The quantitative estimate of drug-likeness (QED) is 0.686. The minimum absolute atomic E-state index is 0. The number of carbonyl (C=O) groups excluding carboxylic acids is 2. The molecule has 164 valence electrons. The molecule has 0 saturated carbocycles. The first-order valence-corrected chi connectivity index (χ1v) is 10.0. The molecule has 0 radical (unpaired) electrons. The van der Waals surface area contributed by atoms with Crippen molar-refractivity contribution in [3.63, 3.8) is 0 Å². The Kier molecular flexibility index (Phi) is 9.73. The molecule has 2 N–H and O–H groups in total. The summed E-state index contributed by atoms with van der Waals surface area (Å²) in [5.74, 6) is -0.845. The lowest BCUT2D eigenvalue weighted by atomic mass is 9.85. The van der Waals surface area contributed by atoms with E-state index in [4.69, 9.17) is 0 Å². The van der Waals surface area contributed by atoms with Crippen LogP contribution in [0.2, 0.25) is 0 Å². The molecule has 6 nitrogen and oxygen atoms in total. The van der Waals surface area contributed by atoms with Crippen LogP contribution in [-0.2, 0) is 15.0 Å². The number of carbonyl (C=O) groups is 2. The van der Waals surface area contributed by atoms with E-state index in [0.717, 1.165) is 39.0 Å². The number of halogens is 2. The Labute approximate surface area is 186 Å². The highest BCUT2D eigenvalue weighted by Crippen LogP contribution is 2.32. The molecule has 2 heterocycles. The number of anilines is 1. The molecule has 2 amide bonds. The van der Waals surface area contributed by atoms with Crippen LogP contribution in [0, 0.1) is 0 Å². The van der Waals surface area contributed by atoms with E-state index >= 15 is 0 Å². The number of piperazine rings is 1. The monoisotopic (exact) mass is 444 g/mol. The Morgan fingerprint density at radius 1 is 1.00 bits per heavy atom. The molecule has 2 aliphatic heterocycles. The van der Waals surface area contributed by atoms with E-state index in [1.165, 1.54) is 11.3 Å². The van der Waals surface area contributed by atoms with E-state index in [-0.39, 0.29) is 36.3 Å². The summed E-state index contributed by atoms with van der Waals surface area (Å²) in [5.41, 5.74) is 2.61. The summed E-state index contributed by atoms with van der Waals surface area (Å²) < 4.78 is 0. The first kappa shape index (κ1) is 25.5. The van der Waals surface area contributed by atoms with Crippen molar-refractivity contribution in [1.29, 1.82) is 0 Å². The molecule has 2 saturated heterocycles. The van der Waals surface area contributed by atoms with Gasteiger partial charge in [-0.15, -0.1) is 24.8 Å². The van der Waals surface area contributed by atoms with Crippen molar-refractivity contribution < 1.29 is 9.59 Å². The molecular weight excluding hydrogens is 411 g/mol. The molecule has 3 rings (SSSR count). The largest absolute Gasteiger partial charge is 0.368 e. The number of piperidine rings is 1. The second-order valence-corrected chi connectivity index (χ2v) is 8.54. The summed E-state index contributed by atoms with van der Waals surface area (Å²) in [7, 11) is 0. The molecule has 0 unspecified atom stereocenters. The summed E-state index contributed by atoms with van der Waals surface area (Å²) in [6, 6.07) is 8.59. The molecular formula is C21H34Cl2N4O2. The van der Waals surface area contributed by atoms with E-state index in [1.54, 1.807) is 4.90 Å². The number of nitrogens with zero attached hydrogens (tertiary/aromatic N) is 2. The van der Waals surface area contributed by atoms with Crippen molar-refractivity contribution in [1.82, 2.24) is 15.5 Å². The summed E-state index contributed by atoms with van der Waals surface area (Å²) in [4.78, 5) is 28.8.